The lowest BCUT2D eigenvalue weighted by molar-refractivity contribution is -0.117. The molecule has 2 N–H and O–H groups in total. The Morgan fingerprint density at radius 2 is 2.15 bits per heavy atom. The van der Waals surface area contributed by atoms with Gasteiger partial charge in [-0.05, 0) is 50.2 Å². The van der Waals surface area contributed by atoms with E-state index in [2.05, 4.69) is 15.6 Å². The second kappa shape index (κ2) is 5.70. The van der Waals surface area contributed by atoms with Crippen molar-refractivity contribution in [3.8, 4) is 0 Å². The second-order valence-electron chi connectivity index (χ2n) is 6.06. The van der Waals surface area contributed by atoms with Crippen LogP contribution in [0.3, 0.4) is 0 Å². The Hall–Kier alpha value is -1.13. The van der Waals surface area contributed by atoms with Gasteiger partial charge in [-0.25, -0.2) is 4.98 Å². The summed E-state index contributed by atoms with van der Waals surface area (Å²) in [5.41, 5.74) is 1.61. The van der Waals surface area contributed by atoms with E-state index >= 15 is 0 Å². The Morgan fingerprint density at radius 1 is 1.45 bits per heavy atom. The van der Waals surface area contributed by atoms with Gasteiger partial charge >= 0.3 is 0 Å². The van der Waals surface area contributed by atoms with Gasteiger partial charge in [0.25, 0.3) is 0 Å². The first-order valence-corrected chi connectivity index (χ1v) is 7.66. The Bertz CT molecular complexity index is 508. The fourth-order valence-corrected chi connectivity index (χ4v) is 3.55. The van der Waals surface area contributed by atoms with Gasteiger partial charge in [-0.2, -0.15) is 0 Å². The van der Waals surface area contributed by atoms with Crippen molar-refractivity contribution in [2.24, 2.45) is 5.92 Å². The van der Waals surface area contributed by atoms with Crippen LogP contribution in [0.4, 0.5) is 5.69 Å². The number of nitrogens with one attached hydrogen (secondary N) is 2. The van der Waals surface area contributed by atoms with Gasteiger partial charge in [0.2, 0.25) is 5.91 Å². The first kappa shape index (κ1) is 13.8. The van der Waals surface area contributed by atoms with E-state index in [1.165, 1.54) is 12.8 Å². The third kappa shape index (κ3) is 3.13. The maximum Gasteiger partial charge on any atom is 0.224 e. The largest absolute Gasteiger partial charge is 0.325 e. The zero-order chi connectivity index (χ0) is 14.1. The summed E-state index contributed by atoms with van der Waals surface area (Å²) in [6.07, 6.45) is 7.01. The number of halogens is 1. The first-order chi connectivity index (χ1) is 9.60. The number of anilines is 1. The Kier molecular flexibility index (Phi) is 3.94. The van der Waals surface area contributed by atoms with Crippen LogP contribution in [-0.4, -0.2) is 23.0 Å². The number of fused-ring (bicyclic) bond motifs is 2. The zero-order valence-electron chi connectivity index (χ0n) is 11.7. The van der Waals surface area contributed by atoms with Crippen LogP contribution < -0.4 is 10.6 Å². The minimum Gasteiger partial charge on any atom is -0.325 e. The van der Waals surface area contributed by atoms with Crippen molar-refractivity contribution in [3.05, 3.63) is 23.0 Å². The molecule has 2 bridgehead atoms. The van der Waals surface area contributed by atoms with E-state index < -0.39 is 0 Å². The molecule has 2 unspecified atom stereocenters. The summed E-state index contributed by atoms with van der Waals surface area (Å²) < 4.78 is 0. The standard InChI is InChI=1S/C15H20ClN3O/c1-9-4-13(8-17-15(9)16)19-14(20)7-10-5-11-2-3-12(6-10)18-11/h4,8,10-12,18H,2-3,5-7H2,1H3,(H,19,20). The topological polar surface area (TPSA) is 54.0 Å². The predicted octanol–water partition coefficient (Wildman–Crippen LogP) is 2.90. The number of rotatable bonds is 3. The quantitative estimate of drug-likeness (QED) is 0.843. The summed E-state index contributed by atoms with van der Waals surface area (Å²) in [5, 5.41) is 7.01. The molecule has 1 aromatic rings. The van der Waals surface area contributed by atoms with E-state index in [1.807, 2.05) is 13.0 Å². The molecule has 2 atom stereocenters. The number of pyridine rings is 1. The molecular weight excluding hydrogens is 274 g/mol. The van der Waals surface area contributed by atoms with Gasteiger partial charge in [-0.3, -0.25) is 4.79 Å². The van der Waals surface area contributed by atoms with E-state index in [4.69, 9.17) is 11.6 Å². The highest BCUT2D eigenvalue weighted by Gasteiger charge is 2.34. The molecule has 4 nitrogen and oxygen atoms in total. The Labute approximate surface area is 124 Å². The first-order valence-electron chi connectivity index (χ1n) is 7.28. The van der Waals surface area contributed by atoms with Crippen molar-refractivity contribution in [2.45, 2.75) is 51.1 Å². The molecule has 1 amide bonds. The number of aryl methyl sites for hydroxylation is 1. The highest BCUT2D eigenvalue weighted by atomic mass is 35.5. The maximum atomic E-state index is 12.1. The smallest absolute Gasteiger partial charge is 0.224 e. The molecule has 5 heteroatoms. The van der Waals surface area contributed by atoms with Crippen LogP contribution in [0.1, 0.15) is 37.7 Å². The monoisotopic (exact) mass is 293 g/mol. The summed E-state index contributed by atoms with van der Waals surface area (Å²) in [6, 6.07) is 3.12. The number of carbonyl (C=O) groups excluding carboxylic acids is 1. The molecular formula is C15H20ClN3O. The van der Waals surface area contributed by atoms with Crippen LogP contribution in [0.25, 0.3) is 0 Å². The summed E-state index contributed by atoms with van der Waals surface area (Å²) >= 11 is 5.88. The van der Waals surface area contributed by atoms with E-state index in [-0.39, 0.29) is 5.91 Å². The molecule has 0 aliphatic carbocycles. The normalized spacial score (nSPS) is 28.4. The van der Waals surface area contributed by atoms with Crippen molar-refractivity contribution < 1.29 is 4.79 Å². The van der Waals surface area contributed by atoms with Gasteiger partial charge in [-0.1, -0.05) is 11.6 Å². The molecule has 2 saturated heterocycles. The number of nitrogens with zero attached hydrogens (tertiary/aromatic N) is 1. The van der Waals surface area contributed by atoms with Crippen LogP contribution in [0.15, 0.2) is 12.3 Å². The number of piperidine rings is 1. The molecule has 0 saturated carbocycles. The molecule has 2 aliphatic rings. The summed E-state index contributed by atoms with van der Waals surface area (Å²) in [4.78, 5) is 16.2. The SMILES string of the molecule is Cc1cc(NC(=O)CC2CC3CCC(C2)N3)cnc1Cl. The Balaban J connectivity index is 1.55. The third-order valence-corrected chi connectivity index (χ3v) is 4.74. The maximum absolute atomic E-state index is 12.1. The molecule has 0 spiro atoms. The average molecular weight is 294 g/mol. The minimum absolute atomic E-state index is 0.0832. The lowest BCUT2D eigenvalue weighted by Crippen LogP contribution is -2.39. The van der Waals surface area contributed by atoms with Crippen LogP contribution in [0.5, 0.6) is 0 Å². The van der Waals surface area contributed by atoms with E-state index in [0.29, 0.717) is 29.6 Å². The number of aromatic nitrogens is 1. The van der Waals surface area contributed by atoms with Gasteiger partial charge in [0.05, 0.1) is 11.9 Å². The number of hydrogen-bond donors (Lipinski definition) is 2. The van der Waals surface area contributed by atoms with Crippen molar-refractivity contribution in [2.75, 3.05) is 5.32 Å². The summed E-state index contributed by atoms with van der Waals surface area (Å²) in [6.45, 7) is 1.88. The Morgan fingerprint density at radius 3 is 2.80 bits per heavy atom. The molecule has 0 aromatic carbocycles. The second-order valence-corrected chi connectivity index (χ2v) is 6.42. The average Bonchev–Trinajstić information content (AvgIpc) is 2.73. The van der Waals surface area contributed by atoms with Crippen LogP contribution in [-0.2, 0) is 4.79 Å². The molecule has 3 heterocycles. The zero-order valence-corrected chi connectivity index (χ0v) is 12.4. The molecule has 2 fully saturated rings. The van der Waals surface area contributed by atoms with Crippen LogP contribution >= 0.6 is 11.6 Å². The molecule has 108 valence electrons. The van der Waals surface area contributed by atoms with E-state index in [0.717, 1.165) is 24.1 Å². The third-order valence-electron chi connectivity index (χ3n) is 4.34. The van der Waals surface area contributed by atoms with Gasteiger partial charge in [0, 0.05) is 18.5 Å². The van der Waals surface area contributed by atoms with Gasteiger partial charge < -0.3 is 10.6 Å². The molecule has 2 aliphatic heterocycles. The molecule has 20 heavy (non-hydrogen) atoms. The van der Waals surface area contributed by atoms with Gasteiger partial charge in [-0.15, -0.1) is 0 Å². The minimum atomic E-state index is 0.0832. The highest BCUT2D eigenvalue weighted by molar-refractivity contribution is 6.30. The van der Waals surface area contributed by atoms with Crippen LogP contribution in [0.2, 0.25) is 5.15 Å². The molecule has 0 radical (unpaired) electrons. The van der Waals surface area contributed by atoms with Crippen molar-refractivity contribution in [1.29, 1.82) is 0 Å². The summed E-state index contributed by atoms with van der Waals surface area (Å²) in [7, 11) is 0. The lowest BCUT2D eigenvalue weighted by Gasteiger charge is -2.28. The fraction of sp³-hybridized carbons (Fsp3) is 0.600. The fourth-order valence-electron chi connectivity index (χ4n) is 3.44. The van der Waals surface area contributed by atoms with E-state index in [9.17, 15) is 4.79 Å². The molecule has 1 aromatic heterocycles. The predicted molar refractivity (Wildman–Crippen MR) is 79.9 cm³/mol. The number of amides is 1. The van der Waals surface area contributed by atoms with Crippen molar-refractivity contribution >= 4 is 23.2 Å². The van der Waals surface area contributed by atoms with Gasteiger partial charge in [0.1, 0.15) is 5.15 Å². The number of hydrogen-bond acceptors (Lipinski definition) is 3. The number of carbonyl (C=O) groups is 1. The van der Waals surface area contributed by atoms with Crippen molar-refractivity contribution in [1.82, 2.24) is 10.3 Å². The van der Waals surface area contributed by atoms with Crippen LogP contribution in [0, 0.1) is 12.8 Å². The van der Waals surface area contributed by atoms with Gasteiger partial charge in [0.15, 0.2) is 0 Å². The van der Waals surface area contributed by atoms with Crippen molar-refractivity contribution in [3.63, 3.8) is 0 Å². The highest BCUT2D eigenvalue weighted by Crippen LogP contribution is 2.32. The summed E-state index contributed by atoms with van der Waals surface area (Å²) in [5.74, 6) is 0.593. The molecule has 3 rings (SSSR count). The van der Waals surface area contributed by atoms with E-state index in [1.54, 1.807) is 6.20 Å². The lowest BCUT2D eigenvalue weighted by atomic mass is 9.89.